The Hall–Kier alpha value is -0.540. The number of rotatable bonds is 16. The quantitative estimate of drug-likeness (QED) is 0.129. The molecule has 0 aromatic heterocycles. The Morgan fingerprint density at radius 3 is 1.65 bits per heavy atom. The van der Waals surface area contributed by atoms with E-state index in [1.807, 2.05) is 19.0 Å². The van der Waals surface area contributed by atoms with Crippen molar-refractivity contribution in [3.8, 4) is 0 Å². The van der Waals surface area contributed by atoms with Gasteiger partial charge in [0.15, 0.2) is 0 Å². The first-order valence-corrected chi connectivity index (χ1v) is 11.0. The van der Waals surface area contributed by atoms with Crippen LogP contribution in [0.2, 0.25) is 0 Å². The Balaban J connectivity index is 0. The SMILES string of the molecule is C=C(C)C(=O)OCCN(C)C.CCCCCCCCCCCCCCCl. The second-order valence-electron chi connectivity index (χ2n) is 7.30. The van der Waals surface area contributed by atoms with Gasteiger partial charge in [-0.2, -0.15) is 0 Å². The number of likely N-dealkylation sites (N-methyl/N-ethyl adjacent to an activating group) is 1. The molecule has 0 unspecified atom stereocenters. The first-order chi connectivity index (χ1) is 12.5. The Morgan fingerprint density at radius 1 is 0.885 bits per heavy atom. The van der Waals surface area contributed by atoms with Crippen LogP contribution in [0.3, 0.4) is 0 Å². The van der Waals surface area contributed by atoms with Gasteiger partial charge in [0.2, 0.25) is 0 Å². The highest BCUT2D eigenvalue weighted by molar-refractivity contribution is 6.17. The lowest BCUT2D eigenvalue weighted by Gasteiger charge is -2.09. The monoisotopic (exact) mass is 389 g/mol. The van der Waals surface area contributed by atoms with Crippen LogP contribution in [0.4, 0.5) is 0 Å². The zero-order valence-corrected chi connectivity index (χ0v) is 18.7. The van der Waals surface area contributed by atoms with E-state index in [0.29, 0.717) is 12.2 Å². The highest BCUT2D eigenvalue weighted by atomic mass is 35.5. The highest BCUT2D eigenvalue weighted by Crippen LogP contribution is 2.11. The molecule has 0 amide bonds. The van der Waals surface area contributed by atoms with Crippen molar-refractivity contribution in [2.75, 3.05) is 33.1 Å². The summed E-state index contributed by atoms with van der Waals surface area (Å²) in [6.45, 7) is 8.56. The fourth-order valence-corrected chi connectivity index (χ4v) is 2.57. The minimum Gasteiger partial charge on any atom is -0.461 e. The lowest BCUT2D eigenvalue weighted by molar-refractivity contribution is -0.139. The van der Waals surface area contributed by atoms with Crippen LogP contribution in [-0.4, -0.2) is 44.0 Å². The van der Waals surface area contributed by atoms with Gasteiger partial charge in [-0.1, -0.05) is 84.1 Å². The lowest BCUT2D eigenvalue weighted by atomic mass is 10.1. The molecule has 0 bridgehead atoms. The van der Waals surface area contributed by atoms with Crippen LogP contribution in [0, 0.1) is 0 Å². The molecule has 0 aliphatic carbocycles. The lowest BCUT2D eigenvalue weighted by Crippen LogP contribution is -2.20. The van der Waals surface area contributed by atoms with E-state index < -0.39 is 0 Å². The third-order valence-electron chi connectivity index (χ3n) is 4.11. The van der Waals surface area contributed by atoms with E-state index in [9.17, 15) is 4.79 Å². The molecular weight excluding hydrogens is 346 g/mol. The van der Waals surface area contributed by atoms with Gasteiger partial charge in [-0.15, -0.1) is 11.6 Å². The summed E-state index contributed by atoms with van der Waals surface area (Å²) in [7, 11) is 3.85. The largest absolute Gasteiger partial charge is 0.461 e. The van der Waals surface area contributed by atoms with Crippen molar-refractivity contribution in [2.45, 2.75) is 90.9 Å². The van der Waals surface area contributed by atoms with Gasteiger partial charge in [-0.3, -0.25) is 0 Å². The molecule has 26 heavy (non-hydrogen) atoms. The molecule has 0 spiro atoms. The zero-order chi connectivity index (χ0) is 20.0. The molecule has 0 aliphatic heterocycles. The number of hydrogen-bond acceptors (Lipinski definition) is 3. The summed E-state index contributed by atoms with van der Waals surface area (Å²) in [5, 5.41) is 0. The third kappa shape index (κ3) is 25.7. The van der Waals surface area contributed by atoms with Crippen LogP contribution in [0.25, 0.3) is 0 Å². The Kier molecular flexibility index (Phi) is 24.0. The number of halogens is 1. The van der Waals surface area contributed by atoms with Crippen LogP contribution in [0.1, 0.15) is 90.9 Å². The first-order valence-electron chi connectivity index (χ1n) is 10.5. The van der Waals surface area contributed by atoms with E-state index in [4.69, 9.17) is 16.3 Å². The predicted molar refractivity (Wildman–Crippen MR) is 116 cm³/mol. The van der Waals surface area contributed by atoms with Crippen LogP contribution in [-0.2, 0) is 9.53 Å². The molecule has 4 heteroatoms. The summed E-state index contributed by atoms with van der Waals surface area (Å²) in [6, 6.07) is 0. The topological polar surface area (TPSA) is 29.5 Å². The summed E-state index contributed by atoms with van der Waals surface area (Å²) in [5.74, 6) is 0.532. The van der Waals surface area contributed by atoms with Crippen molar-refractivity contribution in [2.24, 2.45) is 0 Å². The summed E-state index contributed by atoms with van der Waals surface area (Å²) in [5.41, 5.74) is 0.448. The van der Waals surface area contributed by atoms with Gasteiger partial charge < -0.3 is 9.64 Å². The summed E-state index contributed by atoms with van der Waals surface area (Å²) < 4.78 is 4.83. The number of carbonyl (C=O) groups excluding carboxylic acids is 1. The number of unbranched alkanes of at least 4 members (excludes halogenated alkanes) is 11. The van der Waals surface area contributed by atoms with E-state index in [1.54, 1.807) is 6.92 Å². The molecule has 0 aromatic carbocycles. The Bertz CT molecular complexity index is 307. The molecule has 0 radical (unpaired) electrons. The van der Waals surface area contributed by atoms with Gasteiger partial charge in [0.05, 0.1) is 0 Å². The number of esters is 1. The molecule has 0 fully saturated rings. The van der Waals surface area contributed by atoms with Crippen molar-refractivity contribution in [3.05, 3.63) is 12.2 Å². The first kappa shape index (κ1) is 27.7. The van der Waals surface area contributed by atoms with E-state index in [-0.39, 0.29) is 5.97 Å². The van der Waals surface area contributed by atoms with E-state index in [1.165, 1.54) is 77.0 Å². The van der Waals surface area contributed by atoms with Crippen molar-refractivity contribution in [1.82, 2.24) is 4.90 Å². The standard InChI is InChI=1S/C14H29Cl.C8H15NO2/c1-2-3-4-5-6-7-8-9-10-11-12-13-14-15;1-7(2)8(10)11-6-5-9(3)4/h2-14H2,1H3;1,5-6H2,2-4H3. The molecule has 156 valence electrons. The second-order valence-corrected chi connectivity index (χ2v) is 7.68. The molecule has 0 atom stereocenters. The Morgan fingerprint density at radius 2 is 1.31 bits per heavy atom. The molecule has 0 aromatic rings. The number of carbonyl (C=O) groups is 1. The number of nitrogens with zero attached hydrogens (tertiary/aromatic N) is 1. The van der Waals surface area contributed by atoms with Gasteiger partial charge in [-0.25, -0.2) is 4.79 Å². The van der Waals surface area contributed by atoms with Gasteiger partial charge in [0.25, 0.3) is 0 Å². The molecule has 0 N–H and O–H groups in total. The van der Waals surface area contributed by atoms with Crippen LogP contribution in [0.5, 0.6) is 0 Å². The van der Waals surface area contributed by atoms with Crippen LogP contribution >= 0.6 is 11.6 Å². The minimum absolute atomic E-state index is 0.313. The number of alkyl halides is 1. The number of hydrogen-bond donors (Lipinski definition) is 0. The van der Waals surface area contributed by atoms with Gasteiger partial charge in [-0.05, 0) is 27.4 Å². The fraction of sp³-hybridized carbons (Fsp3) is 0.864. The molecule has 0 saturated heterocycles. The third-order valence-corrected chi connectivity index (χ3v) is 4.37. The van der Waals surface area contributed by atoms with Gasteiger partial charge in [0, 0.05) is 18.0 Å². The maximum absolute atomic E-state index is 10.8. The predicted octanol–water partition coefficient (Wildman–Crippen LogP) is 6.59. The summed E-state index contributed by atoms with van der Waals surface area (Å²) >= 11 is 5.62. The normalized spacial score (nSPS) is 10.4. The fourth-order valence-electron chi connectivity index (χ4n) is 2.38. The minimum atomic E-state index is -0.313. The van der Waals surface area contributed by atoms with Gasteiger partial charge in [0.1, 0.15) is 6.61 Å². The molecule has 0 saturated carbocycles. The maximum Gasteiger partial charge on any atom is 0.333 e. The van der Waals surface area contributed by atoms with Crippen molar-refractivity contribution >= 4 is 17.6 Å². The molecule has 0 aliphatic rings. The number of ether oxygens (including phenoxy) is 1. The average Bonchev–Trinajstić information content (AvgIpc) is 2.60. The molecule has 0 rings (SSSR count). The highest BCUT2D eigenvalue weighted by Gasteiger charge is 2.01. The molecule has 0 heterocycles. The van der Waals surface area contributed by atoms with Gasteiger partial charge >= 0.3 is 5.97 Å². The van der Waals surface area contributed by atoms with Crippen molar-refractivity contribution in [1.29, 1.82) is 0 Å². The maximum atomic E-state index is 10.8. The average molecular weight is 390 g/mol. The van der Waals surface area contributed by atoms with Crippen molar-refractivity contribution < 1.29 is 9.53 Å². The summed E-state index contributed by atoms with van der Waals surface area (Å²) in [6.07, 6.45) is 16.9. The summed E-state index contributed by atoms with van der Waals surface area (Å²) in [4.78, 5) is 12.7. The second kappa shape index (κ2) is 22.5. The Labute approximate surface area is 168 Å². The molecular formula is C22H44ClNO2. The van der Waals surface area contributed by atoms with E-state index in [2.05, 4.69) is 13.5 Å². The van der Waals surface area contributed by atoms with E-state index in [0.717, 1.165) is 12.4 Å². The zero-order valence-electron chi connectivity index (χ0n) is 18.0. The van der Waals surface area contributed by atoms with Crippen LogP contribution < -0.4 is 0 Å². The van der Waals surface area contributed by atoms with Crippen LogP contribution in [0.15, 0.2) is 12.2 Å². The van der Waals surface area contributed by atoms with E-state index >= 15 is 0 Å². The molecule has 3 nitrogen and oxygen atoms in total. The smallest absolute Gasteiger partial charge is 0.333 e. The van der Waals surface area contributed by atoms with Crippen molar-refractivity contribution in [3.63, 3.8) is 0 Å².